The number of aliphatic hydroxyl groups is 1. The third-order valence-electron chi connectivity index (χ3n) is 1.22. The first-order valence-electron chi connectivity index (χ1n) is 3.46. The van der Waals surface area contributed by atoms with Crippen molar-refractivity contribution in [2.75, 3.05) is 6.61 Å². The van der Waals surface area contributed by atoms with E-state index in [1.165, 1.54) is 0 Å². The zero-order chi connectivity index (χ0) is 9.07. The van der Waals surface area contributed by atoms with Crippen LogP contribution in [0.3, 0.4) is 0 Å². The van der Waals surface area contributed by atoms with Crippen LogP contribution in [0.25, 0.3) is 0 Å². The Morgan fingerprint density at radius 3 is 2.45 bits per heavy atom. The van der Waals surface area contributed by atoms with Gasteiger partial charge < -0.3 is 10.4 Å². The minimum Gasteiger partial charge on any atom is -0.394 e. The number of carbonyl (C=O) groups excluding carboxylic acids is 1. The van der Waals surface area contributed by atoms with Gasteiger partial charge in [-0.05, 0) is 20.8 Å². The van der Waals surface area contributed by atoms with Crippen LogP contribution >= 0.6 is 11.6 Å². The molecule has 0 unspecified atom stereocenters. The van der Waals surface area contributed by atoms with E-state index in [9.17, 15) is 4.79 Å². The van der Waals surface area contributed by atoms with Crippen molar-refractivity contribution < 1.29 is 9.90 Å². The van der Waals surface area contributed by atoms with Gasteiger partial charge in [0.25, 0.3) is 0 Å². The average Bonchev–Trinajstić information content (AvgIpc) is 1.87. The number of carbonyl (C=O) groups is 1. The molecule has 0 aliphatic carbocycles. The zero-order valence-corrected chi connectivity index (χ0v) is 7.77. The van der Waals surface area contributed by atoms with Crippen LogP contribution < -0.4 is 5.32 Å². The van der Waals surface area contributed by atoms with Gasteiger partial charge in [-0.3, -0.25) is 4.79 Å². The number of rotatable bonds is 3. The van der Waals surface area contributed by atoms with Crippen molar-refractivity contribution in [3.63, 3.8) is 0 Å². The molecule has 0 saturated carbocycles. The van der Waals surface area contributed by atoms with E-state index < -0.39 is 10.9 Å². The Hall–Kier alpha value is -0.280. The van der Waals surface area contributed by atoms with Crippen molar-refractivity contribution in [1.29, 1.82) is 0 Å². The molecule has 0 aromatic heterocycles. The molecule has 3 nitrogen and oxygen atoms in total. The van der Waals surface area contributed by atoms with Crippen molar-refractivity contribution in [2.24, 2.45) is 0 Å². The summed E-state index contributed by atoms with van der Waals surface area (Å²) in [6.07, 6.45) is 0. The molecular weight excluding hydrogens is 166 g/mol. The van der Waals surface area contributed by atoms with E-state index in [4.69, 9.17) is 16.7 Å². The summed E-state index contributed by atoms with van der Waals surface area (Å²) in [5.74, 6) is -0.259. The minimum absolute atomic E-state index is 0.0949. The maximum absolute atomic E-state index is 11.0. The molecule has 0 rings (SSSR count). The molecule has 0 radical (unpaired) electrons. The summed E-state index contributed by atoms with van der Waals surface area (Å²) in [4.78, 5) is 11.0. The molecule has 0 saturated heterocycles. The van der Waals surface area contributed by atoms with Crippen molar-refractivity contribution in [3.8, 4) is 0 Å². The smallest absolute Gasteiger partial charge is 0.238 e. The van der Waals surface area contributed by atoms with Crippen molar-refractivity contribution >= 4 is 17.5 Å². The summed E-state index contributed by atoms with van der Waals surface area (Å²) < 4.78 is 0. The van der Waals surface area contributed by atoms with Crippen molar-refractivity contribution in [1.82, 2.24) is 5.32 Å². The zero-order valence-electron chi connectivity index (χ0n) is 7.02. The van der Waals surface area contributed by atoms with Gasteiger partial charge in [-0.1, -0.05) is 0 Å². The van der Waals surface area contributed by atoms with Gasteiger partial charge in [0.1, 0.15) is 5.38 Å². The molecule has 1 atom stereocenters. The lowest BCUT2D eigenvalue weighted by Crippen LogP contribution is -2.48. The maximum Gasteiger partial charge on any atom is 0.238 e. The second kappa shape index (κ2) is 3.93. The molecule has 66 valence electrons. The van der Waals surface area contributed by atoms with Crippen LogP contribution in [-0.4, -0.2) is 28.5 Å². The van der Waals surface area contributed by atoms with Crippen LogP contribution in [0.1, 0.15) is 20.8 Å². The van der Waals surface area contributed by atoms with Gasteiger partial charge in [0.15, 0.2) is 0 Å². The number of alkyl halides is 1. The second-order valence-corrected chi connectivity index (χ2v) is 3.80. The summed E-state index contributed by atoms with van der Waals surface area (Å²) in [7, 11) is 0. The number of hydrogen-bond acceptors (Lipinski definition) is 2. The SMILES string of the molecule is C[C@H](Cl)C(=O)NC(C)(C)CO. The van der Waals surface area contributed by atoms with E-state index in [0.717, 1.165) is 0 Å². The van der Waals surface area contributed by atoms with Crippen molar-refractivity contribution in [2.45, 2.75) is 31.7 Å². The fourth-order valence-electron chi connectivity index (χ4n) is 0.472. The fraction of sp³-hybridized carbons (Fsp3) is 0.857. The first-order valence-corrected chi connectivity index (χ1v) is 3.89. The van der Waals surface area contributed by atoms with Crippen molar-refractivity contribution in [3.05, 3.63) is 0 Å². The van der Waals surface area contributed by atoms with Gasteiger partial charge in [0, 0.05) is 0 Å². The van der Waals surface area contributed by atoms with Gasteiger partial charge in [-0.2, -0.15) is 0 Å². The summed E-state index contributed by atoms with van der Waals surface area (Å²) >= 11 is 5.50. The number of nitrogens with one attached hydrogen (secondary N) is 1. The summed E-state index contributed by atoms with van der Waals surface area (Å²) in [5.41, 5.74) is -0.583. The minimum atomic E-state index is -0.583. The summed E-state index contributed by atoms with van der Waals surface area (Å²) in [6, 6.07) is 0. The predicted octanol–water partition coefficient (Wildman–Crippen LogP) is 0.501. The molecular formula is C7H14ClNO2. The van der Waals surface area contributed by atoms with Gasteiger partial charge in [0.05, 0.1) is 12.1 Å². The van der Waals surface area contributed by atoms with Gasteiger partial charge in [-0.15, -0.1) is 11.6 Å². The van der Waals surface area contributed by atoms with Crippen LogP contribution in [0.4, 0.5) is 0 Å². The highest BCUT2D eigenvalue weighted by molar-refractivity contribution is 6.30. The molecule has 2 N–H and O–H groups in total. The molecule has 0 aliphatic rings. The van der Waals surface area contributed by atoms with E-state index in [1.54, 1.807) is 20.8 Å². The lowest BCUT2D eigenvalue weighted by molar-refractivity contribution is -0.122. The first-order chi connectivity index (χ1) is 4.89. The van der Waals surface area contributed by atoms with E-state index >= 15 is 0 Å². The number of amides is 1. The van der Waals surface area contributed by atoms with Crippen LogP contribution in [0.15, 0.2) is 0 Å². The van der Waals surface area contributed by atoms with Crippen LogP contribution in [0.5, 0.6) is 0 Å². The Bertz CT molecular complexity index is 145. The summed E-state index contributed by atoms with van der Waals surface area (Å²) in [5, 5.41) is 10.8. The highest BCUT2D eigenvalue weighted by Gasteiger charge is 2.21. The molecule has 1 amide bonds. The lowest BCUT2D eigenvalue weighted by Gasteiger charge is -2.23. The standard InChI is InChI=1S/C7H14ClNO2/c1-5(8)6(11)9-7(2,3)4-10/h5,10H,4H2,1-3H3,(H,9,11)/t5-/m0/s1. The predicted molar refractivity (Wildman–Crippen MR) is 44.6 cm³/mol. The highest BCUT2D eigenvalue weighted by atomic mass is 35.5. The van der Waals surface area contributed by atoms with Crippen LogP contribution in [-0.2, 0) is 4.79 Å². The molecule has 0 aromatic carbocycles. The monoisotopic (exact) mass is 179 g/mol. The molecule has 0 spiro atoms. The largest absolute Gasteiger partial charge is 0.394 e. The average molecular weight is 180 g/mol. The van der Waals surface area contributed by atoms with Crippen LogP contribution in [0.2, 0.25) is 0 Å². The Morgan fingerprint density at radius 2 is 2.18 bits per heavy atom. The normalized spacial score (nSPS) is 14.3. The van der Waals surface area contributed by atoms with Gasteiger partial charge in [-0.25, -0.2) is 0 Å². The number of hydrogen-bond donors (Lipinski definition) is 2. The number of aliphatic hydroxyl groups excluding tert-OH is 1. The van der Waals surface area contributed by atoms with E-state index in [0.29, 0.717) is 0 Å². The third-order valence-corrected chi connectivity index (χ3v) is 1.42. The molecule has 0 heterocycles. The summed E-state index contributed by atoms with van der Waals surface area (Å²) in [6.45, 7) is 4.95. The fourth-order valence-corrected chi connectivity index (χ4v) is 0.527. The molecule has 0 bridgehead atoms. The van der Waals surface area contributed by atoms with Crippen LogP contribution in [0, 0.1) is 0 Å². The third kappa shape index (κ3) is 4.22. The van der Waals surface area contributed by atoms with Gasteiger partial charge >= 0.3 is 0 Å². The molecule has 11 heavy (non-hydrogen) atoms. The molecule has 4 heteroatoms. The topological polar surface area (TPSA) is 49.3 Å². The quantitative estimate of drug-likeness (QED) is 0.620. The second-order valence-electron chi connectivity index (χ2n) is 3.15. The lowest BCUT2D eigenvalue weighted by atomic mass is 10.1. The van der Waals surface area contributed by atoms with E-state index in [-0.39, 0.29) is 12.5 Å². The Labute approximate surface area is 71.7 Å². The molecule has 0 fully saturated rings. The molecule has 0 aliphatic heterocycles. The maximum atomic E-state index is 11.0. The molecule has 0 aromatic rings. The van der Waals surface area contributed by atoms with E-state index in [2.05, 4.69) is 5.32 Å². The Balaban J connectivity index is 3.94. The number of halogens is 1. The van der Waals surface area contributed by atoms with E-state index in [1.807, 2.05) is 0 Å². The Kier molecular flexibility index (Phi) is 3.83. The Morgan fingerprint density at radius 1 is 1.73 bits per heavy atom. The first kappa shape index (κ1) is 10.7. The highest BCUT2D eigenvalue weighted by Crippen LogP contribution is 2.02. The van der Waals surface area contributed by atoms with Gasteiger partial charge in [0.2, 0.25) is 5.91 Å².